The summed E-state index contributed by atoms with van der Waals surface area (Å²) in [6, 6.07) is 21.4. The van der Waals surface area contributed by atoms with Gasteiger partial charge in [-0.1, -0.05) is 36.4 Å². The van der Waals surface area contributed by atoms with Gasteiger partial charge in [-0.05, 0) is 36.4 Å². The summed E-state index contributed by atoms with van der Waals surface area (Å²) in [6.07, 6.45) is 3.76. The van der Waals surface area contributed by atoms with E-state index >= 15 is 0 Å². The van der Waals surface area contributed by atoms with Crippen LogP contribution in [-0.4, -0.2) is 63.1 Å². The van der Waals surface area contributed by atoms with Crippen molar-refractivity contribution in [2.45, 2.75) is 0 Å². The molecule has 3 aromatic carbocycles. The van der Waals surface area contributed by atoms with Gasteiger partial charge >= 0.3 is 17.9 Å². The number of carbonyl (C=O) groups is 3. The van der Waals surface area contributed by atoms with Gasteiger partial charge in [0.25, 0.3) is 0 Å². The molecule has 0 spiro atoms. The number of rotatable bonds is 3. The summed E-state index contributed by atoms with van der Waals surface area (Å²) in [4.78, 5) is 55.2. The molecule has 3 heterocycles. The molecule has 0 atom stereocenters. The van der Waals surface area contributed by atoms with Crippen molar-refractivity contribution in [3.8, 4) is 0 Å². The van der Waals surface area contributed by atoms with Gasteiger partial charge in [0, 0.05) is 49.4 Å². The number of fused-ring (bicyclic) bond motifs is 3. The molecule has 13 heteroatoms. The van der Waals surface area contributed by atoms with Gasteiger partial charge in [-0.15, -0.1) is 0 Å². The Morgan fingerprint density at radius 3 is 0.875 bits per heavy atom. The third kappa shape index (κ3) is 7.85. The summed E-state index contributed by atoms with van der Waals surface area (Å²) >= 11 is 0. The molecule has 3 N–H and O–H groups in total. The van der Waals surface area contributed by atoms with Crippen molar-refractivity contribution < 1.29 is 79.1 Å². The average molecular weight is 674 g/mol. The SMILES string of the molecule is O=C(O)c1cnc2ccccc2n1.O=C(O)c1cnc2ccccc2n1.O=C(O)c1cnc2ccccc2n1.[Eu]. The van der Waals surface area contributed by atoms with Gasteiger partial charge in [0.1, 0.15) is 0 Å². The molecule has 0 unspecified atom stereocenters. The average Bonchev–Trinajstić information content (AvgIpc) is 2.97. The smallest absolute Gasteiger partial charge is 0.356 e. The van der Waals surface area contributed by atoms with Crippen LogP contribution in [0.2, 0.25) is 0 Å². The van der Waals surface area contributed by atoms with Crippen LogP contribution >= 0.6 is 0 Å². The Morgan fingerprint density at radius 2 is 0.650 bits per heavy atom. The fraction of sp³-hybridized carbons (Fsp3) is 0. The zero-order valence-corrected chi connectivity index (χ0v) is 22.7. The first-order chi connectivity index (χ1) is 18.8. The normalized spacial score (nSPS) is 9.90. The van der Waals surface area contributed by atoms with Gasteiger partial charge in [0.05, 0.1) is 51.7 Å². The van der Waals surface area contributed by atoms with Crippen LogP contribution in [0.3, 0.4) is 0 Å². The van der Waals surface area contributed by atoms with E-state index in [0.29, 0.717) is 33.1 Å². The maximum Gasteiger partial charge on any atom is 0.356 e. The van der Waals surface area contributed by atoms with E-state index in [1.807, 2.05) is 18.2 Å². The molecule has 0 saturated carbocycles. The van der Waals surface area contributed by atoms with E-state index in [1.165, 1.54) is 18.6 Å². The molecule has 0 bridgehead atoms. The summed E-state index contributed by atoms with van der Waals surface area (Å²) in [5.74, 6) is -3.17. The molecule has 12 nitrogen and oxygen atoms in total. The van der Waals surface area contributed by atoms with Crippen molar-refractivity contribution in [2.75, 3.05) is 0 Å². The molecule has 1 radical (unpaired) electrons. The molecule has 0 aliphatic rings. The van der Waals surface area contributed by atoms with E-state index in [2.05, 4.69) is 29.9 Å². The fourth-order valence-electron chi connectivity index (χ4n) is 3.18. The standard InChI is InChI=1S/3C9H6N2O2.Eu/c3*12-9(13)8-5-10-6-3-1-2-4-7(6)11-8;/h3*1-5H,(H,12,13);. The molecule has 3 aromatic heterocycles. The van der Waals surface area contributed by atoms with E-state index in [-0.39, 0.29) is 66.5 Å². The quantitative estimate of drug-likeness (QED) is 0.245. The van der Waals surface area contributed by atoms with Crippen LogP contribution < -0.4 is 0 Å². The molecular weight excluding hydrogens is 656 g/mol. The van der Waals surface area contributed by atoms with E-state index in [1.54, 1.807) is 54.6 Å². The van der Waals surface area contributed by atoms with E-state index < -0.39 is 17.9 Å². The predicted octanol–water partition coefficient (Wildman–Crippen LogP) is 3.98. The zero-order valence-electron chi connectivity index (χ0n) is 20.3. The topological polar surface area (TPSA) is 189 Å². The first-order valence-electron chi connectivity index (χ1n) is 11.2. The Hall–Kier alpha value is -4.33. The van der Waals surface area contributed by atoms with Crippen molar-refractivity contribution in [3.63, 3.8) is 0 Å². The number of aromatic carboxylic acids is 3. The van der Waals surface area contributed by atoms with Crippen LogP contribution in [0.25, 0.3) is 33.1 Å². The monoisotopic (exact) mass is 675 g/mol. The Balaban J connectivity index is 0.000000163. The van der Waals surface area contributed by atoms with Crippen LogP contribution in [-0.2, 0) is 0 Å². The van der Waals surface area contributed by atoms with Crippen molar-refractivity contribution in [1.82, 2.24) is 29.9 Å². The third-order valence-electron chi connectivity index (χ3n) is 5.00. The predicted molar refractivity (Wildman–Crippen MR) is 139 cm³/mol. The largest absolute Gasteiger partial charge is 0.476 e. The van der Waals surface area contributed by atoms with Crippen molar-refractivity contribution in [3.05, 3.63) is 108 Å². The third-order valence-corrected chi connectivity index (χ3v) is 5.00. The Morgan fingerprint density at radius 1 is 0.425 bits per heavy atom. The minimum absolute atomic E-state index is 0. The summed E-state index contributed by atoms with van der Waals surface area (Å²) < 4.78 is 0. The molecule has 199 valence electrons. The van der Waals surface area contributed by atoms with Gasteiger partial charge in [-0.25, -0.2) is 29.3 Å². The van der Waals surface area contributed by atoms with Crippen LogP contribution in [0.1, 0.15) is 31.5 Å². The molecule has 0 aliphatic heterocycles. The second-order valence-electron chi connectivity index (χ2n) is 7.65. The van der Waals surface area contributed by atoms with Crippen LogP contribution in [0.4, 0.5) is 0 Å². The van der Waals surface area contributed by atoms with Crippen LogP contribution in [0, 0.1) is 49.4 Å². The van der Waals surface area contributed by atoms with Crippen LogP contribution in [0.15, 0.2) is 91.4 Å². The number of hydrogen-bond acceptors (Lipinski definition) is 9. The first kappa shape index (κ1) is 30.2. The van der Waals surface area contributed by atoms with Gasteiger partial charge in [0.15, 0.2) is 17.1 Å². The van der Waals surface area contributed by atoms with Crippen molar-refractivity contribution >= 4 is 51.0 Å². The van der Waals surface area contributed by atoms with E-state index in [0.717, 1.165) is 0 Å². The number of aromatic nitrogens is 6. The van der Waals surface area contributed by atoms with E-state index in [4.69, 9.17) is 15.3 Å². The molecule has 40 heavy (non-hydrogen) atoms. The van der Waals surface area contributed by atoms with E-state index in [9.17, 15) is 14.4 Å². The van der Waals surface area contributed by atoms with Crippen molar-refractivity contribution in [2.24, 2.45) is 0 Å². The Kier molecular flexibility index (Phi) is 10.7. The molecule has 0 amide bonds. The second-order valence-corrected chi connectivity index (χ2v) is 7.65. The van der Waals surface area contributed by atoms with Crippen molar-refractivity contribution in [1.29, 1.82) is 0 Å². The number of carboxylic acids is 3. The summed E-state index contributed by atoms with van der Waals surface area (Å²) in [5.41, 5.74) is 3.82. The fourth-order valence-corrected chi connectivity index (χ4v) is 3.18. The first-order valence-corrected chi connectivity index (χ1v) is 11.2. The van der Waals surface area contributed by atoms with Gasteiger partial charge < -0.3 is 15.3 Å². The second kappa shape index (κ2) is 14.2. The zero-order chi connectivity index (χ0) is 27.8. The molecule has 0 aliphatic carbocycles. The number of benzene rings is 3. The van der Waals surface area contributed by atoms with Crippen LogP contribution in [0.5, 0.6) is 0 Å². The minimum Gasteiger partial charge on any atom is -0.476 e. The van der Waals surface area contributed by atoms with Gasteiger partial charge in [-0.2, -0.15) is 0 Å². The maximum atomic E-state index is 10.5. The maximum absolute atomic E-state index is 10.5. The molecule has 6 aromatic rings. The molecule has 6 rings (SSSR count). The number of nitrogens with zero attached hydrogens (tertiary/aromatic N) is 6. The summed E-state index contributed by atoms with van der Waals surface area (Å²) in [7, 11) is 0. The number of carboxylic acid groups (broad SMARTS) is 3. The number of hydrogen-bond donors (Lipinski definition) is 3. The van der Waals surface area contributed by atoms with Gasteiger partial charge in [-0.3, -0.25) is 15.0 Å². The summed E-state index contributed by atoms with van der Waals surface area (Å²) in [5, 5.41) is 25.9. The summed E-state index contributed by atoms with van der Waals surface area (Å²) in [6.45, 7) is 0. The minimum atomic E-state index is -1.06. The Labute approximate surface area is 266 Å². The molecule has 0 saturated heterocycles. The number of para-hydroxylation sites is 6. The van der Waals surface area contributed by atoms with Gasteiger partial charge in [0.2, 0.25) is 0 Å². The molecule has 0 fully saturated rings. The molecular formula is C27H18EuN6O6. The Bertz CT molecular complexity index is 1620.